The van der Waals surface area contributed by atoms with E-state index < -0.39 is 53.6 Å². The van der Waals surface area contributed by atoms with E-state index in [1.54, 1.807) is 31.2 Å². The van der Waals surface area contributed by atoms with Gasteiger partial charge in [0.15, 0.2) is 6.10 Å². The van der Waals surface area contributed by atoms with E-state index in [1.165, 1.54) is 17.2 Å². The maximum atomic E-state index is 13.4. The average Bonchev–Trinajstić information content (AvgIpc) is 3.27. The fourth-order valence-corrected chi connectivity index (χ4v) is 4.44. The number of nitrogens with zero attached hydrogens (tertiary/aromatic N) is 2. The molecule has 174 valence electrons. The van der Waals surface area contributed by atoms with Gasteiger partial charge in [0.25, 0.3) is 5.91 Å². The molecule has 4 unspecified atom stereocenters. The van der Waals surface area contributed by atoms with Gasteiger partial charge in [-0.1, -0.05) is 42.5 Å². The first-order valence-electron chi connectivity index (χ1n) is 10.4. The van der Waals surface area contributed by atoms with Crippen LogP contribution in [0.5, 0.6) is 0 Å². The van der Waals surface area contributed by atoms with Gasteiger partial charge >= 0.3 is 6.18 Å². The summed E-state index contributed by atoms with van der Waals surface area (Å²) in [5, 5.41) is 1.23. The molecule has 33 heavy (non-hydrogen) atoms. The van der Waals surface area contributed by atoms with Crippen molar-refractivity contribution in [2.45, 2.75) is 37.7 Å². The van der Waals surface area contributed by atoms with Crippen molar-refractivity contribution in [2.24, 2.45) is 11.7 Å². The third-order valence-corrected chi connectivity index (χ3v) is 6.03. The monoisotopic (exact) mass is 461 g/mol. The normalized spacial score (nSPS) is 24.2. The van der Waals surface area contributed by atoms with E-state index in [1.807, 2.05) is 6.07 Å². The van der Waals surface area contributed by atoms with E-state index in [0.717, 1.165) is 22.6 Å². The minimum Gasteiger partial charge on any atom is -0.370 e. The number of hydrogen-bond acceptors (Lipinski definition) is 5. The molecule has 0 aliphatic carbocycles. The maximum Gasteiger partial charge on any atom is 0.416 e. The Bertz CT molecular complexity index is 1080. The van der Waals surface area contributed by atoms with Gasteiger partial charge in [-0.3, -0.25) is 24.1 Å². The molecule has 10 heteroatoms. The predicted octanol–water partition coefficient (Wildman–Crippen LogP) is 2.98. The Hall–Kier alpha value is -3.24. The van der Waals surface area contributed by atoms with Gasteiger partial charge in [0.1, 0.15) is 0 Å². The van der Waals surface area contributed by atoms with Gasteiger partial charge in [-0.05, 0) is 30.2 Å². The van der Waals surface area contributed by atoms with Crippen LogP contribution in [0.25, 0.3) is 0 Å². The predicted molar refractivity (Wildman–Crippen MR) is 110 cm³/mol. The third kappa shape index (κ3) is 4.23. The molecule has 7 nitrogen and oxygen atoms in total. The SMILES string of the molecule is CC(c1ccccc1)N1C(=O)C2ON(CCC(N)=O)C(c3cccc(C(F)(F)F)c3)C2C1=O. The second-order valence-electron chi connectivity index (χ2n) is 8.11. The lowest BCUT2D eigenvalue weighted by molar-refractivity contribution is -0.181. The first-order valence-corrected chi connectivity index (χ1v) is 10.4. The smallest absolute Gasteiger partial charge is 0.370 e. The van der Waals surface area contributed by atoms with Crippen LogP contribution in [0.15, 0.2) is 54.6 Å². The summed E-state index contributed by atoms with van der Waals surface area (Å²) in [6, 6.07) is 11.9. The highest BCUT2D eigenvalue weighted by atomic mass is 19.4. The lowest BCUT2D eigenvalue weighted by Gasteiger charge is -2.29. The standard InChI is InChI=1S/C23H22F3N3O4/c1-13(14-6-3-2-4-7-14)29-21(31)18-19(15-8-5-9-16(12-15)23(24,25)26)28(11-10-17(27)30)33-20(18)22(29)32/h2-9,12-13,18-20H,10-11H2,1H3,(H2,27,30). The number of benzene rings is 2. The van der Waals surface area contributed by atoms with Crippen molar-refractivity contribution >= 4 is 17.7 Å². The van der Waals surface area contributed by atoms with Crippen LogP contribution in [0.1, 0.15) is 42.1 Å². The summed E-state index contributed by atoms with van der Waals surface area (Å²) >= 11 is 0. The topological polar surface area (TPSA) is 92.9 Å². The molecule has 2 aromatic carbocycles. The summed E-state index contributed by atoms with van der Waals surface area (Å²) < 4.78 is 40.0. The van der Waals surface area contributed by atoms with Crippen molar-refractivity contribution in [1.82, 2.24) is 9.96 Å². The molecule has 2 aliphatic heterocycles. The first kappa shape index (κ1) is 22.9. The fourth-order valence-electron chi connectivity index (χ4n) is 4.44. The second kappa shape index (κ2) is 8.60. The van der Waals surface area contributed by atoms with Gasteiger partial charge in [-0.25, -0.2) is 0 Å². The van der Waals surface area contributed by atoms with Crippen molar-refractivity contribution in [3.05, 3.63) is 71.3 Å². The second-order valence-corrected chi connectivity index (χ2v) is 8.11. The molecule has 2 fully saturated rings. The number of carbonyl (C=O) groups is 3. The van der Waals surface area contributed by atoms with E-state index in [-0.39, 0.29) is 18.5 Å². The van der Waals surface area contributed by atoms with Crippen LogP contribution in [0.3, 0.4) is 0 Å². The minimum atomic E-state index is -4.59. The molecule has 4 atom stereocenters. The van der Waals surface area contributed by atoms with E-state index >= 15 is 0 Å². The van der Waals surface area contributed by atoms with Crippen molar-refractivity contribution < 1.29 is 32.4 Å². The number of fused-ring (bicyclic) bond motifs is 1. The number of hydrogen-bond donors (Lipinski definition) is 1. The summed E-state index contributed by atoms with van der Waals surface area (Å²) in [5.41, 5.74) is 5.24. The third-order valence-electron chi connectivity index (χ3n) is 6.03. The zero-order valence-corrected chi connectivity index (χ0v) is 17.7. The van der Waals surface area contributed by atoms with E-state index in [9.17, 15) is 27.6 Å². The van der Waals surface area contributed by atoms with E-state index in [2.05, 4.69) is 0 Å². The molecular formula is C23H22F3N3O4. The number of nitrogens with two attached hydrogens (primary N) is 1. The number of alkyl halides is 3. The Labute approximate surface area is 187 Å². The molecular weight excluding hydrogens is 439 g/mol. The number of likely N-dealkylation sites (tertiary alicyclic amines) is 1. The zero-order chi connectivity index (χ0) is 23.9. The van der Waals surface area contributed by atoms with Gasteiger partial charge in [0.2, 0.25) is 11.8 Å². The minimum absolute atomic E-state index is 0.0714. The van der Waals surface area contributed by atoms with Crippen molar-refractivity contribution in [1.29, 1.82) is 0 Å². The molecule has 0 saturated carbocycles. The zero-order valence-electron chi connectivity index (χ0n) is 17.7. The molecule has 0 spiro atoms. The van der Waals surface area contributed by atoms with E-state index in [0.29, 0.717) is 0 Å². The molecule has 2 N–H and O–H groups in total. The van der Waals surface area contributed by atoms with Gasteiger partial charge in [0, 0.05) is 13.0 Å². The summed E-state index contributed by atoms with van der Waals surface area (Å²) in [5.74, 6) is -2.80. The Morgan fingerprint density at radius 3 is 2.42 bits per heavy atom. The Kier molecular flexibility index (Phi) is 5.98. The number of rotatable bonds is 6. The Morgan fingerprint density at radius 2 is 1.79 bits per heavy atom. The lowest BCUT2D eigenvalue weighted by atomic mass is 9.90. The average molecular weight is 461 g/mol. The van der Waals surface area contributed by atoms with Crippen molar-refractivity contribution in [3.63, 3.8) is 0 Å². The summed E-state index contributed by atoms with van der Waals surface area (Å²) in [6.45, 7) is 1.63. The summed E-state index contributed by atoms with van der Waals surface area (Å²) in [6.07, 6.45) is -5.94. The molecule has 2 aromatic rings. The van der Waals surface area contributed by atoms with Crippen LogP contribution < -0.4 is 5.73 Å². The van der Waals surface area contributed by atoms with Crippen molar-refractivity contribution in [2.75, 3.05) is 6.54 Å². The van der Waals surface area contributed by atoms with Gasteiger partial charge in [0.05, 0.1) is 23.6 Å². The lowest BCUT2D eigenvalue weighted by Crippen LogP contribution is -2.39. The Balaban J connectivity index is 1.71. The Morgan fingerprint density at radius 1 is 1.09 bits per heavy atom. The highest BCUT2D eigenvalue weighted by Crippen LogP contribution is 2.47. The quantitative estimate of drug-likeness (QED) is 0.668. The number of imide groups is 1. The highest BCUT2D eigenvalue weighted by Gasteiger charge is 2.60. The molecule has 0 bridgehead atoms. The van der Waals surface area contributed by atoms with Crippen LogP contribution in [0.2, 0.25) is 0 Å². The molecule has 0 aromatic heterocycles. The maximum absolute atomic E-state index is 13.4. The number of primary amides is 1. The van der Waals surface area contributed by atoms with Gasteiger partial charge in [-0.2, -0.15) is 18.2 Å². The van der Waals surface area contributed by atoms with E-state index in [4.69, 9.17) is 10.6 Å². The molecule has 2 heterocycles. The number of halogens is 3. The van der Waals surface area contributed by atoms with Crippen LogP contribution in [0, 0.1) is 5.92 Å². The number of hydroxylamine groups is 2. The largest absolute Gasteiger partial charge is 0.416 e. The summed E-state index contributed by atoms with van der Waals surface area (Å²) in [4.78, 5) is 44.8. The van der Waals surface area contributed by atoms with Crippen LogP contribution in [-0.2, 0) is 25.4 Å². The molecule has 2 aliphatic rings. The number of amides is 3. The molecule has 3 amide bonds. The summed E-state index contributed by atoms with van der Waals surface area (Å²) in [7, 11) is 0. The van der Waals surface area contributed by atoms with Crippen LogP contribution in [-0.4, -0.2) is 40.3 Å². The molecule has 2 saturated heterocycles. The van der Waals surface area contributed by atoms with Gasteiger partial charge in [-0.15, -0.1) is 0 Å². The molecule has 0 radical (unpaired) electrons. The fraction of sp³-hybridized carbons (Fsp3) is 0.348. The first-order chi connectivity index (χ1) is 15.6. The highest BCUT2D eigenvalue weighted by molar-refractivity contribution is 6.07. The number of carbonyl (C=O) groups excluding carboxylic acids is 3. The molecule has 4 rings (SSSR count). The van der Waals surface area contributed by atoms with Crippen LogP contribution in [0.4, 0.5) is 13.2 Å². The van der Waals surface area contributed by atoms with Crippen molar-refractivity contribution in [3.8, 4) is 0 Å². The van der Waals surface area contributed by atoms with Crippen LogP contribution >= 0.6 is 0 Å². The van der Waals surface area contributed by atoms with Gasteiger partial charge < -0.3 is 5.73 Å².